The first-order valence-corrected chi connectivity index (χ1v) is 9.59. The summed E-state index contributed by atoms with van der Waals surface area (Å²) >= 11 is 6.26. The molecule has 9 heteroatoms. The van der Waals surface area contributed by atoms with Gasteiger partial charge in [-0.2, -0.15) is 13.7 Å². The number of rotatable bonds is 4. The molecule has 0 fully saturated rings. The normalized spacial score (nSPS) is 11.0. The summed E-state index contributed by atoms with van der Waals surface area (Å²) in [5.74, 6) is 0.159. The number of hydrogen-bond acceptors (Lipinski definition) is 6. The van der Waals surface area contributed by atoms with Gasteiger partial charge >= 0.3 is 0 Å². The third-order valence-corrected chi connectivity index (χ3v) is 5.29. The largest absolute Gasteiger partial charge is 0.384 e. The van der Waals surface area contributed by atoms with Crippen LogP contribution in [0.5, 0.6) is 0 Å². The van der Waals surface area contributed by atoms with Crippen molar-refractivity contribution in [3.8, 4) is 17.3 Å². The van der Waals surface area contributed by atoms with E-state index in [0.717, 1.165) is 5.56 Å². The molecule has 1 aromatic carbocycles. The highest BCUT2D eigenvalue weighted by Gasteiger charge is 2.18. The fourth-order valence-electron chi connectivity index (χ4n) is 2.40. The fraction of sp³-hybridized carbons (Fsp3) is 0.0556. The molecular weight excluding hydrogens is 386 g/mol. The molecule has 0 saturated carbocycles. The van der Waals surface area contributed by atoms with Crippen LogP contribution in [0.25, 0.3) is 11.3 Å². The van der Waals surface area contributed by atoms with E-state index in [1.54, 1.807) is 18.2 Å². The molecule has 0 saturated heterocycles. The highest BCUT2D eigenvalue weighted by Crippen LogP contribution is 2.31. The van der Waals surface area contributed by atoms with E-state index in [2.05, 4.69) is 20.8 Å². The van der Waals surface area contributed by atoms with Crippen LogP contribution in [0.3, 0.4) is 0 Å². The van der Waals surface area contributed by atoms with Gasteiger partial charge in [0.25, 0.3) is 10.0 Å². The smallest absolute Gasteiger partial charge is 0.280 e. The monoisotopic (exact) mass is 399 g/mol. The highest BCUT2D eigenvalue weighted by atomic mass is 35.5. The fourth-order valence-corrected chi connectivity index (χ4v) is 3.59. The maximum absolute atomic E-state index is 12.5. The van der Waals surface area contributed by atoms with Crippen molar-refractivity contribution in [3.05, 3.63) is 64.7 Å². The van der Waals surface area contributed by atoms with Gasteiger partial charge in [-0.25, -0.2) is 9.97 Å². The van der Waals surface area contributed by atoms with Crippen LogP contribution in [0.15, 0.2) is 53.6 Å². The topological polar surface area (TPSA) is 122 Å². The SMILES string of the molecule is Cc1ccc(C#N)cc1-c1nc(NS(=O)(=O)c2cccc(N)n2)ccc1Cl. The van der Waals surface area contributed by atoms with Crippen LogP contribution in [0.2, 0.25) is 5.02 Å². The zero-order chi connectivity index (χ0) is 19.6. The molecule has 2 heterocycles. The molecule has 0 atom stereocenters. The Bertz CT molecular complexity index is 1170. The molecule has 0 aliphatic rings. The van der Waals surface area contributed by atoms with E-state index in [4.69, 9.17) is 22.6 Å². The van der Waals surface area contributed by atoms with Crippen molar-refractivity contribution in [2.45, 2.75) is 11.9 Å². The van der Waals surface area contributed by atoms with Crippen LogP contribution in [0.4, 0.5) is 11.6 Å². The number of nitrogens with zero attached hydrogens (tertiary/aromatic N) is 3. The van der Waals surface area contributed by atoms with Crippen molar-refractivity contribution in [1.29, 1.82) is 5.26 Å². The summed E-state index contributed by atoms with van der Waals surface area (Å²) in [6.45, 7) is 1.85. The molecule has 0 radical (unpaired) electrons. The number of nitrogens with one attached hydrogen (secondary N) is 1. The third-order valence-electron chi connectivity index (χ3n) is 3.73. The molecule has 3 N–H and O–H groups in total. The summed E-state index contributed by atoms with van der Waals surface area (Å²) in [5.41, 5.74) is 7.85. The molecule has 3 aromatic rings. The third kappa shape index (κ3) is 4.00. The molecular formula is C18H14ClN5O2S. The van der Waals surface area contributed by atoms with Crippen molar-refractivity contribution >= 4 is 33.3 Å². The van der Waals surface area contributed by atoms with E-state index in [1.807, 2.05) is 6.92 Å². The standard InChI is InChI=1S/C18H14ClN5O2S/c1-11-5-6-12(10-20)9-13(11)18-14(19)7-8-16(23-18)24-27(25,26)17-4-2-3-15(21)22-17/h2-9H,1H3,(H2,21,22)(H,23,24). The molecule has 0 aliphatic carbocycles. The highest BCUT2D eigenvalue weighted by molar-refractivity contribution is 7.92. The Balaban J connectivity index is 2.03. The first-order valence-electron chi connectivity index (χ1n) is 7.73. The zero-order valence-electron chi connectivity index (χ0n) is 14.1. The van der Waals surface area contributed by atoms with Gasteiger partial charge in [-0.15, -0.1) is 0 Å². The number of benzene rings is 1. The predicted octanol–water partition coefficient (Wildman–Crippen LogP) is 3.36. The van der Waals surface area contributed by atoms with E-state index in [1.165, 1.54) is 30.3 Å². The summed E-state index contributed by atoms with van der Waals surface area (Å²) < 4.78 is 27.4. The Morgan fingerprint density at radius 2 is 1.93 bits per heavy atom. The lowest BCUT2D eigenvalue weighted by Crippen LogP contribution is -2.16. The van der Waals surface area contributed by atoms with E-state index in [-0.39, 0.29) is 16.7 Å². The summed E-state index contributed by atoms with van der Waals surface area (Å²) in [5, 5.41) is 9.23. The molecule has 0 spiro atoms. The van der Waals surface area contributed by atoms with Gasteiger partial charge in [0.1, 0.15) is 11.6 Å². The second kappa shape index (κ2) is 7.23. The summed E-state index contributed by atoms with van der Waals surface area (Å²) in [6, 6.07) is 14.5. The molecule has 3 rings (SSSR count). The summed E-state index contributed by atoms with van der Waals surface area (Å²) in [7, 11) is -3.97. The first-order chi connectivity index (χ1) is 12.8. The number of nitrogen functional groups attached to an aromatic ring is 1. The number of pyridine rings is 2. The maximum atomic E-state index is 12.5. The first kappa shape index (κ1) is 18.6. The van der Waals surface area contributed by atoms with Gasteiger partial charge in [-0.1, -0.05) is 23.7 Å². The van der Waals surface area contributed by atoms with Crippen molar-refractivity contribution < 1.29 is 8.42 Å². The van der Waals surface area contributed by atoms with Crippen LogP contribution in [0.1, 0.15) is 11.1 Å². The second-order valence-corrected chi connectivity index (χ2v) is 7.71. The number of aryl methyl sites for hydroxylation is 1. The van der Waals surface area contributed by atoms with E-state index < -0.39 is 10.0 Å². The van der Waals surface area contributed by atoms with Gasteiger partial charge < -0.3 is 5.73 Å². The molecule has 0 bridgehead atoms. The van der Waals surface area contributed by atoms with Crippen LogP contribution < -0.4 is 10.5 Å². The van der Waals surface area contributed by atoms with E-state index in [9.17, 15) is 8.42 Å². The number of aromatic nitrogens is 2. The molecule has 0 unspecified atom stereocenters. The maximum Gasteiger partial charge on any atom is 0.280 e. The Morgan fingerprint density at radius 1 is 1.15 bits per heavy atom. The number of sulfonamides is 1. The Labute approximate surface area is 161 Å². The Hall–Kier alpha value is -3.15. The van der Waals surface area contributed by atoms with Gasteiger partial charge in [0.2, 0.25) is 0 Å². The average Bonchev–Trinajstić information content (AvgIpc) is 2.64. The van der Waals surface area contributed by atoms with Crippen LogP contribution in [0, 0.1) is 18.3 Å². The number of hydrogen-bond donors (Lipinski definition) is 2. The minimum atomic E-state index is -3.97. The van der Waals surface area contributed by atoms with Crippen LogP contribution >= 0.6 is 11.6 Å². The Kier molecular flexibility index (Phi) is 4.99. The van der Waals surface area contributed by atoms with Gasteiger partial charge in [-0.3, -0.25) is 4.72 Å². The van der Waals surface area contributed by atoms with E-state index >= 15 is 0 Å². The number of halogens is 1. The molecule has 27 heavy (non-hydrogen) atoms. The van der Waals surface area contributed by atoms with Gasteiger partial charge in [0.05, 0.1) is 22.3 Å². The van der Waals surface area contributed by atoms with Crippen LogP contribution in [-0.4, -0.2) is 18.4 Å². The van der Waals surface area contributed by atoms with Crippen molar-refractivity contribution in [1.82, 2.24) is 9.97 Å². The lowest BCUT2D eigenvalue weighted by atomic mass is 10.0. The van der Waals surface area contributed by atoms with Crippen molar-refractivity contribution in [3.63, 3.8) is 0 Å². The number of nitrogens with two attached hydrogens (primary N) is 1. The number of anilines is 2. The second-order valence-electron chi connectivity index (χ2n) is 5.67. The lowest BCUT2D eigenvalue weighted by molar-refractivity contribution is 0.597. The Morgan fingerprint density at radius 3 is 2.63 bits per heavy atom. The van der Waals surface area contributed by atoms with Gasteiger partial charge in [-0.05, 0) is 48.9 Å². The van der Waals surface area contributed by atoms with Crippen LogP contribution in [-0.2, 0) is 10.0 Å². The quantitative estimate of drug-likeness (QED) is 0.693. The average molecular weight is 400 g/mol. The molecule has 0 aliphatic heterocycles. The lowest BCUT2D eigenvalue weighted by Gasteiger charge is -2.11. The number of nitriles is 1. The molecule has 2 aromatic heterocycles. The van der Waals surface area contributed by atoms with Gasteiger partial charge in [0, 0.05) is 5.56 Å². The predicted molar refractivity (Wildman–Crippen MR) is 104 cm³/mol. The molecule has 136 valence electrons. The van der Waals surface area contributed by atoms with E-state index in [0.29, 0.717) is 21.8 Å². The molecule has 7 nitrogen and oxygen atoms in total. The minimum absolute atomic E-state index is 0.0698. The summed E-state index contributed by atoms with van der Waals surface area (Å²) in [6.07, 6.45) is 0. The zero-order valence-corrected chi connectivity index (χ0v) is 15.7. The minimum Gasteiger partial charge on any atom is -0.384 e. The van der Waals surface area contributed by atoms with Crippen molar-refractivity contribution in [2.24, 2.45) is 0 Å². The summed E-state index contributed by atoms with van der Waals surface area (Å²) in [4.78, 5) is 8.13. The molecule has 0 amide bonds. The van der Waals surface area contributed by atoms with Gasteiger partial charge in [0.15, 0.2) is 5.03 Å². The van der Waals surface area contributed by atoms with Crippen molar-refractivity contribution in [2.75, 3.05) is 10.5 Å².